The molecular weight excluding hydrogens is 356 g/mol. The number of nitrogens with zero attached hydrogens (tertiary/aromatic N) is 4. The predicted octanol–water partition coefficient (Wildman–Crippen LogP) is 2.07. The molecule has 3 aromatic rings. The number of fused-ring (bicyclic) bond motifs is 1. The number of carbonyl (C=O) groups excluding carboxylic acids is 1. The van der Waals surface area contributed by atoms with Gasteiger partial charge < -0.3 is 15.8 Å². The summed E-state index contributed by atoms with van der Waals surface area (Å²) in [7, 11) is 0. The van der Waals surface area contributed by atoms with Crippen LogP contribution in [0.15, 0.2) is 65.9 Å². The van der Waals surface area contributed by atoms with Crippen LogP contribution < -0.4 is 15.8 Å². The molecular formula is C20H20N6O2. The van der Waals surface area contributed by atoms with Crippen molar-refractivity contribution >= 4 is 11.9 Å². The smallest absolute Gasteiger partial charge is 0.248 e. The summed E-state index contributed by atoms with van der Waals surface area (Å²) in [5.41, 5.74) is 8.76. The molecule has 0 saturated carbocycles. The lowest BCUT2D eigenvalue weighted by atomic mass is 9.95. The summed E-state index contributed by atoms with van der Waals surface area (Å²) in [5, 5.41) is 14.6. The van der Waals surface area contributed by atoms with E-state index in [0.29, 0.717) is 23.8 Å². The minimum atomic E-state index is -0.515. The Morgan fingerprint density at radius 3 is 2.64 bits per heavy atom. The molecule has 1 amide bonds. The van der Waals surface area contributed by atoms with Crippen molar-refractivity contribution in [2.24, 2.45) is 5.73 Å². The number of tetrazole rings is 1. The van der Waals surface area contributed by atoms with Gasteiger partial charge in [0.15, 0.2) is 0 Å². The zero-order valence-electron chi connectivity index (χ0n) is 15.4. The first-order valence-electron chi connectivity index (χ1n) is 8.95. The van der Waals surface area contributed by atoms with Gasteiger partial charge >= 0.3 is 0 Å². The number of hydrogen-bond donors (Lipinski definition) is 2. The van der Waals surface area contributed by atoms with Gasteiger partial charge in [0.25, 0.3) is 0 Å². The number of rotatable bonds is 6. The number of aromatic nitrogens is 4. The van der Waals surface area contributed by atoms with Gasteiger partial charge in [-0.25, -0.2) is 0 Å². The summed E-state index contributed by atoms with van der Waals surface area (Å²) in [6.07, 6.45) is 0.832. The van der Waals surface area contributed by atoms with E-state index in [0.717, 1.165) is 17.7 Å². The van der Waals surface area contributed by atoms with E-state index in [1.165, 1.54) is 5.56 Å². The highest BCUT2D eigenvalue weighted by Gasteiger charge is 2.32. The SMILES string of the molecule is CC1=C(C(N)=O)C(c2ccc(OCCc3ccccc3)cc2)n2nnnc2N1. The standard InChI is InChI=1S/C20H20N6O2/c1-13-17(19(21)27)18(26-20(22-13)23-24-25-26)15-7-9-16(10-8-15)28-12-11-14-5-3-2-4-6-14/h2-10,18H,11-12H2,1H3,(H2,21,27)(H,22,23,25). The first-order chi connectivity index (χ1) is 13.6. The third-order valence-corrected chi connectivity index (χ3v) is 4.68. The fourth-order valence-corrected chi connectivity index (χ4v) is 3.32. The topological polar surface area (TPSA) is 108 Å². The van der Waals surface area contributed by atoms with Crippen LogP contribution in [0.4, 0.5) is 5.95 Å². The summed E-state index contributed by atoms with van der Waals surface area (Å²) in [5.74, 6) is 0.710. The molecule has 0 bridgehead atoms. The van der Waals surface area contributed by atoms with E-state index in [-0.39, 0.29) is 0 Å². The molecule has 8 heteroatoms. The molecule has 142 valence electrons. The first-order valence-corrected chi connectivity index (χ1v) is 8.95. The second-order valence-corrected chi connectivity index (χ2v) is 6.53. The fourth-order valence-electron chi connectivity index (χ4n) is 3.32. The maximum absolute atomic E-state index is 12.0. The Kier molecular flexibility index (Phi) is 4.76. The second kappa shape index (κ2) is 7.51. The van der Waals surface area contributed by atoms with Crippen molar-refractivity contribution in [2.75, 3.05) is 11.9 Å². The second-order valence-electron chi connectivity index (χ2n) is 6.53. The van der Waals surface area contributed by atoms with E-state index in [9.17, 15) is 4.79 Å². The third-order valence-electron chi connectivity index (χ3n) is 4.68. The average molecular weight is 376 g/mol. The van der Waals surface area contributed by atoms with Gasteiger partial charge in [0.05, 0.1) is 12.2 Å². The van der Waals surface area contributed by atoms with Crippen molar-refractivity contribution in [3.63, 3.8) is 0 Å². The Hall–Kier alpha value is -3.68. The lowest BCUT2D eigenvalue weighted by Crippen LogP contribution is -2.31. The minimum Gasteiger partial charge on any atom is -0.493 e. The van der Waals surface area contributed by atoms with Crippen molar-refractivity contribution < 1.29 is 9.53 Å². The third kappa shape index (κ3) is 3.44. The minimum absolute atomic E-state index is 0.428. The fraction of sp³-hybridized carbons (Fsp3) is 0.200. The molecule has 1 aliphatic heterocycles. The number of allylic oxidation sites excluding steroid dienone is 1. The molecule has 28 heavy (non-hydrogen) atoms. The molecule has 0 saturated heterocycles. The summed E-state index contributed by atoms with van der Waals surface area (Å²) in [6.45, 7) is 2.37. The number of nitrogens with one attached hydrogen (secondary N) is 1. The van der Waals surface area contributed by atoms with Crippen LogP contribution in [0.1, 0.15) is 24.1 Å². The highest BCUT2D eigenvalue weighted by atomic mass is 16.5. The van der Waals surface area contributed by atoms with E-state index in [4.69, 9.17) is 10.5 Å². The van der Waals surface area contributed by atoms with Gasteiger partial charge in [-0.3, -0.25) is 4.79 Å². The van der Waals surface area contributed by atoms with Crippen LogP contribution in [0.5, 0.6) is 5.75 Å². The number of ether oxygens (including phenoxy) is 1. The summed E-state index contributed by atoms with van der Waals surface area (Å²) < 4.78 is 7.39. The molecule has 0 aliphatic carbocycles. The van der Waals surface area contributed by atoms with Gasteiger partial charge in [-0.15, -0.1) is 0 Å². The van der Waals surface area contributed by atoms with Crippen LogP contribution in [0.25, 0.3) is 0 Å². The number of nitrogens with two attached hydrogens (primary N) is 1. The molecule has 0 fully saturated rings. The van der Waals surface area contributed by atoms with Gasteiger partial charge in [-0.05, 0) is 40.6 Å². The van der Waals surface area contributed by atoms with E-state index >= 15 is 0 Å². The molecule has 4 rings (SSSR count). The van der Waals surface area contributed by atoms with Crippen LogP contribution in [-0.4, -0.2) is 32.7 Å². The Labute approximate surface area is 162 Å². The number of hydrogen-bond acceptors (Lipinski definition) is 6. The zero-order valence-corrected chi connectivity index (χ0v) is 15.4. The number of carbonyl (C=O) groups is 1. The maximum atomic E-state index is 12.0. The number of primary amides is 1. The number of amides is 1. The van der Waals surface area contributed by atoms with Gasteiger partial charge in [0.2, 0.25) is 11.9 Å². The highest BCUT2D eigenvalue weighted by molar-refractivity contribution is 5.95. The molecule has 2 heterocycles. The van der Waals surface area contributed by atoms with Crippen LogP contribution in [0.2, 0.25) is 0 Å². The van der Waals surface area contributed by atoms with Crippen LogP contribution in [0.3, 0.4) is 0 Å². The van der Waals surface area contributed by atoms with E-state index in [2.05, 4.69) is 33.0 Å². The molecule has 1 unspecified atom stereocenters. The van der Waals surface area contributed by atoms with E-state index < -0.39 is 11.9 Å². The van der Waals surface area contributed by atoms with Crippen molar-refractivity contribution in [2.45, 2.75) is 19.4 Å². The molecule has 2 aromatic carbocycles. The van der Waals surface area contributed by atoms with Crippen molar-refractivity contribution in [1.82, 2.24) is 20.2 Å². The maximum Gasteiger partial charge on any atom is 0.248 e. The normalized spacial score (nSPS) is 15.7. The van der Waals surface area contributed by atoms with E-state index in [1.807, 2.05) is 42.5 Å². The Bertz CT molecular complexity index is 1010. The molecule has 0 spiro atoms. The average Bonchev–Trinajstić information content (AvgIpc) is 3.16. The van der Waals surface area contributed by atoms with Crippen LogP contribution in [-0.2, 0) is 11.2 Å². The molecule has 1 aliphatic rings. The largest absolute Gasteiger partial charge is 0.493 e. The lowest BCUT2D eigenvalue weighted by molar-refractivity contribution is -0.115. The molecule has 1 aromatic heterocycles. The van der Waals surface area contributed by atoms with Gasteiger partial charge in [-0.1, -0.05) is 47.6 Å². The molecule has 3 N–H and O–H groups in total. The summed E-state index contributed by atoms with van der Waals surface area (Å²) in [4.78, 5) is 12.0. The van der Waals surface area contributed by atoms with Crippen molar-refractivity contribution in [3.05, 3.63) is 77.0 Å². The predicted molar refractivity (Wildman–Crippen MR) is 104 cm³/mol. The van der Waals surface area contributed by atoms with Crippen molar-refractivity contribution in [3.8, 4) is 5.75 Å². The van der Waals surface area contributed by atoms with E-state index in [1.54, 1.807) is 11.6 Å². The molecule has 1 atom stereocenters. The Morgan fingerprint density at radius 1 is 1.18 bits per heavy atom. The van der Waals surface area contributed by atoms with Crippen LogP contribution in [0, 0.1) is 0 Å². The first kappa shape index (κ1) is 17.7. The molecule has 0 radical (unpaired) electrons. The lowest BCUT2D eigenvalue weighted by Gasteiger charge is -2.26. The number of benzene rings is 2. The quantitative estimate of drug-likeness (QED) is 0.682. The molecule has 8 nitrogen and oxygen atoms in total. The highest BCUT2D eigenvalue weighted by Crippen LogP contribution is 2.34. The summed E-state index contributed by atoms with van der Waals surface area (Å²) in [6, 6.07) is 17.2. The zero-order chi connectivity index (χ0) is 19.5. The Balaban J connectivity index is 1.52. The van der Waals surface area contributed by atoms with Crippen molar-refractivity contribution in [1.29, 1.82) is 0 Å². The van der Waals surface area contributed by atoms with Crippen LogP contribution >= 0.6 is 0 Å². The monoisotopic (exact) mass is 376 g/mol. The van der Waals surface area contributed by atoms with Gasteiger partial charge in [-0.2, -0.15) is 4.68 Å². The Morgan fingerprint density at radius 2 is 1.93 bits per heavy atom. The van der Waals surface area contributed by atoms with Gasteiger partial charge in [0, 0.05) is 12.1 Å². The number of anilines is 1. The summed E-state index contributed by atoms with van der Waals surface area (Å²) >= 11 is 0. The van der Waals surface area contributed by atoms with Gasteiger partial charge in [0.1, 0.15) is 11.8 Å².